The van der Waals surface area contributed by atoms with Gasteiger partial charge in [-0.05, 0) is 57.1 Å². The molecule has 132 valence electrons. The van der Waals surface area contributed by atoms with Gasteiger partial charge in [-0.3, -0.25) is 0 Å². The number of hydrogen-bond acceptors (Lipinski definition) is 3. The second-order valence-electron chi connectivity index (χ2n) is 7.55. The van der Waals surface area contributed by atoms with Gasteiger partial charge in [0.25, 0.3) is 0 Å². The van der Waals surface area contributed by atoms with Gasteiger partial charge < -0.3 is 15.5 Å². The van der Waals surface area contributed by atoms with Crippen LogP contribution in [0.3, 0.4) is 0 Å². The molecule has 0 bridgehead atoms. The van der Waals surface area contributed by atoms with E-state index < -0.39 is 12.2 Å². The monoisotopic (exact) mass is 345 g/mol. The second-order valence-corrected chi connectivity index (χ2v) is 7.55. The Morgan fingerprint density at radius 2 is 1.38 bits per heavy atom. The van der Waals surface area contributed by atoms with Crippen molar-refractivity contribution in [3.05, 3.63) is 60.2 Å². The third-order valence-corrected chi connectivity index (χ3v) is 5.98. The van der Waals surface area contributed by atoms with E-state index in [1.165, 1.54) is 37.9 Å². The van der Waals surface area contributed by atoms with Crippen LogP contribution in [0.2, 0.25) is 0 Å². The maximum absolute atomic E-state index is 10.2. The highest BCUT2D eigenvalue weighted by Gasteiger charge is 2.30. The molecule has 3 atom stereocenters. The molecule has 3 heteroatoms. The lowest BCUT2D eigenvalue weighted by atomic mass is 9.89. The summed E-state index contributed by atoms with van der Waals surface area (Å²) < 4.78 is 0. The average molecular weight is 345 g/mol. The van der Waals surface area contributed by atoms with Crippen LogP contribution >= 0.6 is 0 Å². The summed E-state index contributed by atoms with van der Waals surface area (Å²) in [6.07, 6.45) is 1.46. The molecule has 5 rings (SSSR count). The van der Waals surface area contributed by atoms with Gasteiger partial charge in [-0.1, -0.05) is 54.6 Å². The Morgan fingerprint density at radius 1 is 0.769 bits per heavy atom. The third-order valence-electron chi connectivity index (χ3n) is 5.98. The minimum Gasteiger partial charge on any atom is -0.391 e. The van der Waals surface area contributed by atoms with Gasteiger partial charge in [-0.2, -0.15) is 0 Å². The van der Waals surface area contributed by atoms with Crippen LogP contribution in [0.1, 0.15) is 24.8 Å². The zero-order valence-corrected chi connectivity index (χ0v) is 14.7. The van der Waals surface area contributed by atoms with E-state index in [0.717, 1.165) is 19.3 Å². The van der Waals surface area contributed by atoms with E-state index in [9.17, 15) is 10.2 Å². The van der Waals surface area contributed by atoms with Crippen molar-refractivity contribution in [1.29, 1.82) is 0 Å². The molecule has 1 aliphatic rings. The molecular formula is C23H23NO2. The van der Waals surface area contributed by atoms with Gasteiger partial charge in [-0.25, -0.2) is 0 Å². The van der Waals surface area contributed by atoms with Crippen molar-refractivity contribution in [2.75, 3.05) is 0 Å². The number of aliphatic hydroxyl groups excluding tert-OH is 2. The average Bonchev–Trinajstić information content (AvgIpc) is 2.66. The normalized spacial score (nSPS) is 24.0. The highest BCUT2D eigenvalue weighted by molar-refractivity contribution is 6.23. The van der Waals surface area contributed by atoms with Crippen molar-refractivity contribution in [2.45, 2.75) is 44.1 Å². The first kappa shape index (κ1) is 16.0. The zero-order valence-electron chi connectivity index (χ0n) is 14.7. The van der Waals surface area contributed by atoms with Gasteiger partial charge in [0.1, 0.15) is 0 Å². The molecule has 0 heterocycles. The molecule has 26 heavy (non-hydrogen) atoms. The van der Waals surface area contributed by atoms with E-state index in [1.807, 2.05) is 0 Å². The quantitative estimate of drug-likeness (QED) is 0.493. The van der Waals surface area contributed by atoms with E-state index in [0.29, 0.717) is 6.54 Å². The standard InChI is InChI=1S/C23H23NO2/c25-19-5-2-6-20(26)23(19)24-13-17-10-9-16-8-7-14-3-1-4-15-11-12-18(17)22(16)21(14)15/h1,3-4,7-12,19-20,23-26H,2,5-6,13H2/t19-,20+,23+. The minimum atomic E-state index is -0.474. The van der Waals surface area contributed by atoms with Crippen molar-refractivity contribution < 1.29 is 10.2 Å². The molecule has 0 unspecified atom stereocenters. The summed E-state index contributed by atoms with van der Waals surface area (Å²) in [5, 5.41) is 31.5. The molecule has 3 nitrogen and oxygen atoms in total. The van der Waals surface area contributed by atoms with Gasteiger partial charge >= 0.3 is 0 Å². The van der Waals surface area contributed by atoms with Gasteiger partial charge in [0.05, 0.1) is 18.2 Å². The van der Waals surface area contributed by atoms with Crippen molar-refractivity contribution in [1.82, 2.24) is 5.32 Å². The van der Waals surface area contributed by atoms with E-state index in [2.05, 4.69) is 59.9 Å². The Bertz CT molecular complexity index is 1050. The molecular weight excluding hydrogens is 322 g/mol. The van der Waals surface area contributed by atoms with Crippen molar-refractivity contribution >= 4 is 32.3 Å². The molecule has 0 aliphatic heterocycles. The molecule has 3 N–H and O–H groups in total. The first-order valence-electron chi connectivity index (χ1n) is 9.47. The first-order chi connectivity index (χ1) is 12.7. The highest BCUT2D eigenvalue weighted by Crippen LogP contribution is 2.36. The van der Waals surface area contributed by atoms with E-state index >= 15 is 0 Å². The van der Waals surface area contributed by atoms with Gasteiger partial charge in [-0.15, -0.1) is 0 Å². The van der Waals surface area contributed by atoms with Crippen LogP contribution in [-0.4, -0.2) is 28.5 Å². The van der Waals surface area contributed by atoms with Gasteiger partial charge in [0.2, 0.25) is 0 Å². The molecule has 0 spiro atoms. The largest absolute Gasteiger partial charge is 0.391 e. The Balaban J connectivity index is 1.58. The predicted octanol–water partition coefficient (Wildman–Crippen LogP) is 3.95. The smallest absolute Gasteiger partial charge is 0.0718 e. The fourth-order valence-electron chi connectivity index (χ4n) is 4.60. The van der Waals surface area contributed by atoms with Crippen LogP contribution in [0.15, 0.2) is 54.6 Å². The number of hydrogen-bond donors (Lipinski definition) is 3. The van der Waals surface area contributed by atoms with Gasteiger partial charge in [0, 0.05) is 6.54 Å². The predicted molar refractivity (Wildman–Crippen MR) is 107 cm³/mol. The number of nitrogens with one attached hydrogen (secondary N) is 1. The SMILES string of the molecule is O[C@@H]1CCC[C@H](O)[C@H]1NCc1ccc2ccc3cccc4ccc1c2c34. The molecule has 0 radical (unpaired) electrons. The summed E-state index contributed by atoms with van der Waals surface area (Å²) in [7, 11) is 0. The van der Waals surface area contributed by atoms with E-state index in [1.54, 1.807) is 0 Å². The molecule has 1 aliphatic carbocycles. The summed E-state index contributed by atoms with van der Waals surface area (Å²) in [4.78, 5) is 0. The summed E-state index contributed by atoms with van der Waals surface area (Å²) >= 11 is 0. The van der Waals surface area contributed by atoms with Crippen LogP contribution in [0, 0.1) is 0 Å². The zero-order chi connectivity index (χ0) is 17.7. The maximum Gasteiger partial charge on any atom is 0.0718 e. The highest BCUT2D eigenvalue weighted by atomic mass is 16.3. The molecule has 1 fully saturated rings. The van der Waals surface area contributed by atoms with Crippen LogP contribution in [0.25, 0.3) is 32.3 Å². The van der Waals surface area contributed by atoms with Crippen LogP contribution in [-0.2, 0) is 6.54 Å². The summed E-state index contributed by atoms with van der Waals surface area (Å²) in [5.74, 6) is 0. The Hall–Kier alpha value is -2.20. The Kier molecular flexibility index (Phi) is 3.82. The molecule has 0 aromatic heterocycles. The van der Waals surface area contributed by atoms with E-state index in [4.69, 9.17) is 0 Å². The van der Waals surface area contributed by atoms with E-state index in [-0.39, 0.29) is 6.04 Å². The molecule has 1 saturated carbocycles. The van der Waals surface area contributed by atoms with Crippen LogP contribution < -0.4 is 5.32 Å². The van der Waals surface area contributed by atoms with Crippen LogP contribution in [0.4, 0.5) is 0 Å². The number of benzene rings is 4. The summed E-state index contributed by atoms with van der Waals surface area (Å²) in [5.41, 5.74) is 1.21. The van der Waals surface area contributed by atoms with Crippen molar-refractivity contribution in [2.24, 2.45) is 0 Å². The Labute approximate surface area is 152 Å². The lowest BCUT2D eigenvalue weighted by Gasteiger charge is -2.33. The lowest BCUT2D eigenvalue weighted by molar-refractivity contribution is 0.000914. The van der Waals surface area contributed by atoms with Crippen LogP contribution in [0.5, 0.6) is 0 Å². The fourth-order valence-corrected chi connectivity index (χ4v) is 4.60. The molecule has 0 amide bonds. The van der Waals surface area contributed by atoms with Crippen molar-refractivity contribution in [3.63, 3.8) is 0 Å². The topological polar surface area (TPSA) is 52.5 Å². The lowest BCUT2D eigenvalue weighted by Crippen LogP contribution is -2.50. The fraction of sp³-hybridized carbons (Fsp3) is 0.304. The molecule has 4 aromatic carbocycles. The van der Waals surface area contributed by atoms with Crippen molar-refractivity contribution in [3.8, 4) is 0 Å². The number of rotatable bonds is 3. The maximum atomic E-state index is 10.2. The Morgan fingerprint density at radius 3 is 2.12 bits per heavy atom. The van der Waals surface area contributed by atoms with Gasteiger partial charge in [0.15, 0.2) is 0 Å². The summed E-state index contributed by atoms with van der Waals surface area (Å²) in [6, 6.07) is 19.3. The number of aliphatic hydroxyl groups is 2. The molecule has 4 aromatic rings. The third kappa shape index (κ3) is 2.47. The minimum absolute atomic E-state index is 0.248. The summed E-state index contributed by atoms with van der Waals surface area (Å²) in [6.45, 7) is 0.646. The molecule has 0 saturated heterocycles. The second kappa shape index (κ2) is 6.20. The first-order valence-corrected chi connectivity index (χ1v) is 9.47.